The average Bonchev–Trinajstić information content (AvgIpc) is 2.46. The van der Waals surface area contributed by atoms with E-state index in [1.54, 1.807) is 24.3 Å². The number of anilines is 1. The van der Waals surface area contributed by atoms with Gasteiger partial charge in [0.15, 0.2) is 5.11 Å². The molecule has 22 heavy (non-hydrogen) atoms. The number of benzene rings is 1. The SMILES string of the molecule is CCCCCON(C(=O)c1ccc(NC(C)=O)cc1)C(N)=S. The molecule has 0 aliphatic carbocycles. The van der Waals surface area contributed by atoms with E-state index in [4.69, 9.17) is 22.8 Å². The molecule has 0 saturated heterocycles. The third-order valence-electron chi connectivity index (χ3n) is 2.81. The number of thiocarbonyl (C=S) groups is 1. The van der Waals surface area contributed by atoms with Crippen LogP contribution in [0.3, 0.4) is 0 Å². The lowest BCUT2D eigenvalue weighted by molar-refractivity contribution is -0.114. The van der Waals surface area contributed by atoms with Crippen LogP contribution in [-0.2, 0) is 9.63 Å². The van der Waals surface area contributed by atoms with Crippen LogP contribution in [0.4, 0.5) is 5.69 Å². The molecular weight excluding hydrogens is 302 g/mol. The Morgan fingerprint density at radius 1 is 1.27 bits per heavy atom. The second-order valence-electron chi connectivity index (χ2n) is 4.74. The van der Waals surface area contributed by atoms with Gasteiger partial charge in [-0.25, -0.2) is 0 Å². The normalized spacial score (nSPS) is 10.1. The third kappa shape index (κ3) is 5.79. The molecule has 0 radical (unpaired) electrons. The van der Waals surface area contributed by atoms with Crippen LogP contribution in [0.2, 0.25) is 0 Å². The van der Waals surface area contributed by atoms with E-state index in [0.29, 0.717) is 17.9 Å². The molecule has 7 heteroatoms. The standard InChI is InChI=1S/C15H21N3O3S/c1-3-4-5-10-21-18(15(16)22)14(20)12-6-8-13(9-7-12)17-11(2)19/h6-9H,3-5,10H2,1-2H3,(H2,16,22)(H,17,19). The fraction of sp³-hybridized carbons (Fsp3) is 0.400. The van der Waals surface area contributed by atoms with E-state index in [1.165, 1.54) is 6.92 Å². The van der Waals surface area contributed by atoms with Gasteiger partial charge in [-0.15, -0.1) is 0 Å². The van der Waals surface area contributed by atoms with Gasteiger partial charge in [0, 0.05) is 18.2 Å². The van der Waals surface area contributed by atoms with Crippen molar-refractivity contribution in [3.8, 4) is 0 Å². The summed E-state index contributed by atoms with van der Waals surface area (Å²) in [5.41, 5.74) is 6.52. The monoisotopic (exact) mass is 323 g/mol. The Balaban J connectivity index is 2.72. The zero-order valence-corrected chi connectivity index (χ0v) is 13.6. The summed E-state index contributed by atoms with van der Waals surface area (Å²) in [6.07, 6.45) is 2.88. The Bertz CT molecular complexity index is 531. The lowest BCUT2D eigenvalue weighted by Gasteiger charge is -2.20. The largest absolute Gasteiger partial charge is 0.374 e. The molecule has 0 aromatic heterocycles. The average molecular weight is 323 g/mol. The second-order valence-corrected chi connectivity index (χ2v) is 5.15. The summed E-state index contributed by atoms with van der Waals surface area (Å²) in [5, 5.41) is 3.42. The van der Waals surface area contributed by atoms with Crippen LogP contribution in [0, 0.1) is 0 Å². The molecular formula is C15H21N3O3S. The Labute approximate surface area is 135 Å². The zero-order valence-electron chi connectivity index (χ0n) is 12.8. The Hall–Kier alpha value is -1.99. The van der Waals surface area contributed by atoms with E-state index in [-0.39, 0.29) is 11.0 Å². The van der Waals surface area contributed by atoms with Crippen LogP contribution in [0.1, 0.15) is 43.5 Å². The van der Waals surface area contributed by atoms with Gasteiger partial charge >= 0.3 is 0 Å². The topological polar surface area (TPSA) is 84.7 Å². The molecule has 0 fully saturated rings. The first-order valence-corrected chi connectivity index (χ1v) is 7.51. The summed E-state index contributed by atoms with van der Waals surface area (Å²) in [5.74, 6) is -0.610. The summed E-state index contributed by atoms with van der Waals surface area (Å²) in [6.45, 7) is 3.87. The highest BCUT2D eigenvalue weighted by Crippen LogP contribution is 2.12. The van der Waals surface area contributed by atoms with Crippen molar-refractivity contribution in [1.29, 1.82) is 0 Å². The lowest BCUT2D eigenvalue weighted by Crippen LogP contribution is -2.40. The Morgan fingerprint density at radius 2 is 1.91 bits per heavy atom. The van der Waals surface area contributed by atoms with Crippen molar-refractivity contribution in [3.63, 3.8) is 0 Å². The maximum Gasteiger partial charge on any atom is 0.284 e. The number of carbonyl (C=O) groups excluding carboxylic acids is 2. The number of nitrogens with two attached hydrogens (primary N) is 1. The van der Waals surface area contributed by atoms with E-state index >= 15 is 0 Å². The molecule has 0 aliphatic rings. The van der Waals surface area contributed by atoms with Crippen LogP contribution in [0.5, 0.6) is 0 Å². The van der Waals surface area contributed by atoms with Crippen LogP contribution in [0.15, 0.2) is 24.3 Å². The van der Waals surface area contributed by atoms with E-state index in [1.807, 2.05) is 0 Å². The molecule has 0 spiro atoms. The van der Waals surface area contributed by atoms with Crippen molar-refractivity contribution >= 4 is 34.8 Å². The fourth-order valence-corrected chi connectivity index (χ4v) is 1.88. The highest BCUT2D eigenvalue weighted by Gasteiger charge is 2.19. The molecule has 0 saturated carbocycles. The molecule has 2 amide bonds. The number of nitrogens with zero attached hydrogens (tertiary/aromatic N) is 1. The molecule has 0 heterocycles. The first-order chi connectivity index (χ1) is 10.5. The molecule has 1 aromatic carbocycles. The van der Waals surface area contributed by atoms with Crippen molar-refractivity contribution in [2.24, 2.45) is 5.73 Å². The highest BCUT2D eigenvalue weighted by atomic mass is 32.1. The van der Waals surface area contributed by atoms with Crippen LogP contribution in [-0.4, -0.2) is 28.6 Å². The van der Waals surface area contributed by atoms with Crippen molar-refractivity contribution in [3.05, 3.63) is 29.8 Å². The summed E-state index contributed by atoms with van der Waals surface area (Å²) < 4.78 is 0. The zero-order chi connectivity index (χ0) is 16.5. The first kappa shape index (κ1) is 18.1. The number of hydroxylamine groups is 2. The van der Waals surface area contributed by atoms with E-state index < -0.39 is 5.91 Å². The number of nitrogens with one attached hydrogen (secondary N) is 1. The van der Waals surface area contributed by atoms with Crippen molar-refractivity contribution in [1.82, 2.24) is 5.06 Å². The summed E-state index contributed by atoms with van der Waals surface area (Å²) >= 11 is 4.85. The molecule has 0 aliphatic heterocycles. The van der Waals surface area contributed by atoms with Gasteiger partial charge in [0.05, 0.1) is 6.61 Å². The smallest absolute Gasteiger partial charge is 0.284 e. The molecule has 6 nitrogen and oxygen atoms in total. The van der Waals surface area contributed by atoms with E-state index in [2.05, 4.69) is 12.2 Å². The van der Waals surface area contributed by atoms with Gasteiger partial charge in [-0.2, -0.15) is 5.06 Å². The minimum atomic E-state index is -0.432. The first-order valence-electron chi connectivity index (χ1n) is 7.10. The van der Waals surface area contributed by atoms with Crippen LogP contribution < -0.4 is 11.1 Å². The van der Waals surface area contributed by atoms with Crippen molar-refractivity contribution < 1.29 is 14.4 Å². The molecule has 1 aromatic rings. The maximum atomic E-state index is 12.3. The van der Waals surface area contributed by atoms with Gasteiger partial charge in [0.25, 0.3) is 5.91 Å². The number of hydrogen-bond acceptors (Lipinski definition) is 4. The van der Waals surface area contributed by atoms with Crippen LogP contribution >= 0.6 is 12.2 Å². The quantitative estimate of drug-likeness (QED) is 0.457. The lowest BCUT2D eigenvalue weighted by atomic mass is 10.2. The highest BCUT2D eigenvalue weighted by molar-refractivity contribution is 7.80. The molecule has 3 N–H and O–H groups in total. The number of unbranched alkanes of at least 4 members (excludes halogenated alkanes) is 2. The number of rotatable bonds is 7. The van der Waals surface area contributed by atoms with Crippen molar-refractivity contribution in [2.75, 3.05) is 11.9 Å². The number of amides is 2. The van der Waals surface area contributed by atoms with Gasteiger partial charge in [-0.3, -0.25) is 14.4 Å². The molecule has 1 rings (SSSR count). The maximum absolute atomic E-state index is 12.3. The fourth-order valence-electron chi connectivity index (χ4n) is 1.75. The van der Waals surface area contributed by atoms with Gasteiger partial charge in [-0.1, -0.05) is 19.8 Å². The minimum absolute atomic E-state index is 0.132. The van der Waals surface area contributed by atoms with Gasteiger partial charge in [0.2, 0.25) is 5.91 Å². The Kier molecular flexibility index (Phi) is 7.48. The van der Waals surface area contributed by atoms with Crippen molar-refractivity contribution in [2.45, 2.75) is 33.1 Å². The van der Waals surface area contributed by atoms with Crippen LogP contribution in [0.25, 0.3) is 0 Å². The number of hydrogen-bond donors (Lipinski definition) is 2. The van der Waals surface area contributed by atoms with E-state index in [9.17, 15) is 9.59 Å². The predicted molar refractivity (Wildman–Crippen MR) is 89.2 cm³/mol. The summed E-state index contributed by atoms with van der Waals surface area (Å²) in [7, 11) is 0. The summed E-state index contributed by atoms with van der Waals surface area (Å²) in [4.78, 5) is 28.7. The molecule has 0 atom stereocenters. The molecule has 0 unspecified atom stereocenters. The number of carbonyl (C=O) groups is 2. The predicted octanol–water partition coefficient (Wildman–Crippen LogP) is 2.45. The molecule has 0 bridgehead atoms. The van der Waals surface area contributed by atoms with E-state index in [0.717, 1.165) is 24.3 Å². The minimum Gasteiger partial charge on any atom is -0.374 e. The van der Waals surface area contributed by atoms with Gasteiger partial charge < -0.3 is 11.1 Å². The Morgan fingerprint density at radius 3 is 2.41 bits per heavy atom. The van der Waals surface area contributed by atoms with Gasteiger partial charge in [0.1, 0.15) is 0 Å². The summed E-state index contributed by atoms with van der Waals surface area (Å²) in [6, 6.07) is 6.41. The van der Waals surface area contributed by atoms with Gasteiger partial charge in [-0.05, 0) is 42.9 Å². The third-order valence-corrected chi connectivity index (χ3v) is 2.97. The molecule has 120 valence electrons. The second kappa shape index (κ2) is 9.11.